The molecule has 0 radical (unpaired) electrons. The van der Waals surface area contributed by atoms with Gasteiger partial charge < -0.3 is 10.6 Å². The quantitative estimate of drug-likeness (QED) is 0.833. The molecule has 0 aliphatic carbocycles. The Labute approximate surface area is 116 Å². The fourth-order valence-electron chi connectivity index (χ4n) is 2.00. The van der Waals surface area contributed by atoms with E-state index in [9.17, 15) is 9.18 Å². The number of carbonyl (C=O) groups excluding carboxylic acids is 1. The van der Waals surface area contributed by atoms with Crippen molar-refractivity contribution in [2.75, 3.05) is 19.6 Å². The van der Waals surface area contributed by atoms with Gasteiger partial charge in [-0.05, 0) is 37.6 Å². The van der Waals surface area contributed by atoms with Crippen LogP contribution < -0.4 is 10.6 Å². The average molecular weight is 283 g/mol. The molecular formula is C14H16ClFN2O. The van der Waals surface area contributed by atoms with Crippen LogP contribution in [0.15, 0.2) is 29.8 Å². The Morgan fingerprint density at radius 3 is 3.00 bits per heavy atom. The highest BCUT2D eigenvalue weighted by Crippen LogP contribution is 2.14. The highest BCUT2D eigenvalue weighted by atomic mass is 35.5. The highest BCUT2D eigenvalue weighted by Gasteiger charge is 2.11. The number of hydrogen-bond donors (Lipinski definition) is 2. The van der Waals surface area contributed by atoms with Gasteiger partial charge in [0.15, 0.2) is 0 Å². The van der Waals surface area contributed by atoms with Crippen molar-refractivity contribution in [3.05, 3.63) is 46.3 Å². The molecule has 19 heavy (non-hydrogen) atoms. The second-order valence-corrected chi connectivity index (χ2v) is 4.88. The van der Waals surface area contributed by atoms with Gasteiger partial charge in [-0.25, -0.2) is 4.39 Å². The Bertz CT molecular complexity index is 502. The van der Waals surface area contributed by atoms with Crippen molar-refractivity contribution in [3.8, 4) is 0 Å². The van der Waals surface area contributed by atoms with E-state index >= 15 is 0 Å². The predicted octanol–water partition coefficient (Wildman–Crippen LogP) is 2.52. The number of nitrogens with one attached hydrogen (secondary N) is 2. The maximum Gasteiger partial charge on any atom is 0.254 e. The Morgan fingerprint density at radius 1 is 1.47 bits per heavy atom. The summed E-state index contributed by atoms with van der Waals surface area (Å²) in [4.78, 5) is 11.8. The topological polar surface area (TPSA) is 41.1 Å². The van der Waals surface area contributed by atoms with Crippen molar-refractivity contribution in [2.24, 2.45) is 0 Å². The number of hydrogen-bond acceptors (Lipinski definition) is 2. The molecule has 0 atom stereocenters. The third kappa shape index (κ3) is 4.04. The number of amides is 1. The summed E-state index contributed by atoms with van der Waals surface area (Å²) in [6.07, 6.45) is 3.95. The smallest absolute Gasteiger partial charge is 0.254 e. The van der Waals surface area contributed by atoms with Gasteiger partial charge in [0.05, 0.1) is 5.56 Å². The Balaban J connectivity index is 1.85. The molecule has 0 fully saturated rings. The summed E-state index contributed by atoms with van der Waals surface area (Å²) in [6.45, 7) is 2.38. The summed E-state index contributed by atoms with van der Waals surface area (Å²) in [5.41, 5.74) is 1.36. The first kappa shape index (κ1) is 14.0. The molecule has 0 saturated carbocycles. The first-order valence-corrected chi connectivity index (χ1v) is 6.66. The second kappa shape index (κ2) is 6.68. The fourth-order valence-corrected chi connectivity index (χ4v) is 2.16. The van der Waals surface area contributed by atoms with Crippen LogP contribution in [0.5, 0.6) is 0 Å². The predicted molar refractivity (Wildman–Crippen MR) is 73.9 cm³/mol. The van der Waals surface area contributed by atoms with E-state index in [-0.39, 0.29) is 10.6 Å². The molecule has 1 aromatic carbocycles. The van der Waals surface area contributed by atoms with Gasteiger partial charge in [-0.3, -0.25) is 4.79 Å². The van der Waals surface area contributed by atoms with Crippen LogP contribution in [-0.4, -0.2) is 25.5 Å². The molecule has 102 valence electrons. The summed E-state index contributed by atoms with van der Waals surface area (Å²) in [5.74, 6) is -0.991. The molecule has 0 saturated heterocycles. The van der Waals surface area contributed by atoms with Gasteiger partial charge in [0, 0.05) is 18.1 Å². The third-order valence-electron chi connectivity index (χ3n) is 3.07. The molecule has 1 amide bonds. The molecule has 2 rings (SSSR count). The van der Waals surface area contributed by atoms with E-state index < -0.39 is 11.7 Å². The molecule has 1 aliphatic rings. The molecule has 0 spiro atoms. The van der Waals surface area contributed by atoms with Crippen LogP contribution in [-0.2, 0) is 0 Å². The lowest BCUT2D eigenvalue weighted by Gasteiger charge is -2.14. The summed E-state index contributed by atoms with van der Waals surface area (Å²) < 4.78 is 13.5. The van der Waals surface area contributed by atoms with E-state index in [0.717, 1.165) is 32.0 Å². The van der Waals surface area contributed by atoms with Crippen molar-refractivity contribution in [3.63, 3.8) is 0 Å². The Hall–Kier alpha value is -1.39. The third-order valence-corrected chi connectivity index (χ3v) is 3.30. The molecule has 0 unspecified atom stereocenters. The number of halogens is 2. The zero-order valence-corrected chi connectivity index (χ0v) is 11.3. The minimum absolute atomic E-state index is 0.0312. The summed E-state index contributed by atoms with van der Waals surface area (Å²) in [5, 5.41) is 6.24. The molecule has 1 heterocycles. The molecule has 2 N–H and O–H groups in total. The van der Waals surface area contributed by atoms with Crippen molar-refractivity contribution >= 4 is 17.5 Å². The Morgan fingerprint density at radius 2 is 2.32 bits per heavy atom. The van der Waals surface area contributed by atoms with E-state index in [2.05, 4.69) is 16.7 Å². The lowest BCUT2D eigenvalue weighted by Crippen LogP contribution is -2.27. The van der Waals surface area contributed by atoms with Crippen LogP contribution in [0, 0.1) is 5.82 Å². The SMILES string of the molecule is O=C(NCCC1=CCNCC1)c1ccc(Cl)cc1F. The first-order valence-electron chi connectivity index (χ1n) is 6.28. The number of rotatable bonds is 4. The van der Waals surface area contributed by atoms with Gasteiger partial charge in [0.25, 0.3) is 5.91 Å². The van der Waals surface area contributed by atoms with Gasteiger partial charge in [-0.1, -0.05) is 23.3 Å². The normalized spacial score (nSPS) is 14.9. The van der Waals surface area contributed by atoms with Crippen molar-refractivity contribution in [1.29, 1.82) is 0 Å². The summed E-state index contributed by atoms with van der Waals surface area (Å²) >= 11 is 5.64. The number of carbonyl (C=O) groups is 1. The Kier molecular flexibility index (Phi) is 4.93. The molecule has 0 aromatic heterocycles. The van der Waals surface area contributed by atoms with E-state index in [1.807, 2.05) is 0 Å². The van der Waals surface area contributed by atoms with Crippen LogP contribution >= 0.6 is 11.6 Å². The molecule has 5 heteroatoms. The van der Waals surface area contributed by atoms with Gasteiger partial charge >= 0.3 is 0 Å². The maximum atomic E-state index is 13.5. The van der Waals surface area contributed by atoms with Gasteiger partial charge in [0.2, 0.25) is 0 Å². The molecule has 1 aliphatic heterocycles. The zero-order valence-electron chi connectivity index (χ0n) is 10.5. The van der Waals surface area contributed by atoms with Gasteiger partial charge in [-0.15, -0.1) is 0 Å². The zero-order chi connectivity index (χ0) is 13.7. The average Bonchev–Trinajstić information content (AvgIpc) is 2.39. The van der Waals surface area contributed by atoms with Crippen molar-refractivity contribution < 1.29 is 9.18 Å². The summed E-state index contributed by atoms with van der Waals surface area (Å²) in [6, 6.07) is 4.05. The summed E-state index contributed by atoms with van der Waals surface area (Å²) in [7, 11) is 0. The van der Waals surface area contributed by atoms with E-state index in [1.54, 1.807) is 0 Å². The van der Waals surface area contributed by atoms with E-state index in [0.29, 0.717) is 6.54 Å². The largest absolute Gasteiger partial charge is 0.352 e. The standard InChI is InChI=1S/C14H16ClFN2O/c15-11-1-2-12(13(16)9-11)14(19)18-8-5-10-3-6-17-7-4-10/h1-3,9,17H,4-8H2,(H,18,19). The molecule has 0 bridgehead atoms. The van der Waals surface area contributed by atoms with Gasteiger partial charge in [0.1, 0.15) is 5.82 Å². The van der Waals surface area contributed by atoms with Crippen molar-refractivity contribution in [1.82, 2.24) is 10.6 Å². The van der Waals surface area contributed by atoms with Crippen LogP contribution in [0.25, 0.3) is 0 Å². The van der Waals surface area contributed by atoms with Crippen LogP contribution in [0.4, 0.5) is 4.39 Å². The van der Waals surface area contributed by atoms with Crippen molar-refractivity contribution in [2.45, 2.75) is 12.8 Å². The van der Waals surface area contributed by atoms with Gasteiger partial charge in [-0.2, -0.15) is 0 Å². The molecular weight excluding hydrogens is 267 g/mol. The van der Waals surface area contributed by atoms with E-state index in [1.165, 1.54) is 17.7 Å². The van der Waals surface area contributed by atoms with Crippen LogP contribution in [0.2, 0.25) is 5.02 Å². The van der Waals surface area contributed by atoms with E-state index in [4.69, 9.17) is 11.6 Å². The van der Waals surface area contributed by atoms with Crippen LogP contribution in [0.3, 0.4) is 0 Å². The highest BCUT2D eigenvalue weighted by molar-refractivity contribution is 6.30. The minimum Gasteiger partial charge on any atom is -0.352 e. The fraction of sp³-hybridized carbons (Fsp3) is 0.357. The minimum atomic E-state index is -0.592. The molecule has 1 aromatic rings. The lowest BCUT2D eigenvalue weighted by atomic mass is 10.1. The molecule has 3 nitrogen and oxygen atoms in total. The first-order chi connectivity index (χ1) is 9.16. The monoisotopic (exact) mass is 282 g/mol. The number of benzene rings is 1. The maximum absolute atomic E-state index is 13.5. The lowest BCUT2D eigenvalue weighted by molar-refractivity contribution is 0.0950. The van der Waals surface area contributed by atoms with Crippen LogP contribution in [0.1, 0.15) is 23.2 Å². The second-order valence-electron chi connectivity index (χ2n) is 4.45.